The summed E-state index contributed by atoms with van der Waals surface area (Å²) in [7, 11) is 1.65. The van der Waals surface area contributed by atoms with Gasteiger partial charge in [-0.25, -0.2) is 10.8 Å². The Morgan fingerprint density at radius 3 is 2.35 bits per heavy atom. The molecule has 7 heteroatoms. The van der Waals surface area contributed by atoms with Gasteiger partial charge in [0.15, 0.2) is 0 Å². The maximum Gasteiger partial charge on any atom is 0.140 e. The van der Waals surface area contributed by atoms with Gasteiger partial charge in [0.2, 0.25) is 0 Å². The van der Waals surface area contributed by atoms with Crippen LogP contribution in [0.25, 0.3) is 0 Å². The maximum absolute atomic E-state index is 5.48. The molecule has 0 aliphatic heterocycles. The van der Waals surface area contributed by atoms with Crippen LogP contribution in [0, 0.1) is 0 Å². The monoisotopic (exact) mass is 285 g/mol. The Morgan fingerprint density at radius 2 is 1.70 bits per heavy atom. The smallest absolute Gasteiger partial charge is 0.140 e. The fourth-order valence-corrected chi connectivity index (χ4v) is 1.42. The third kappa shape index (κ3) is 8.03. The summed E-state index contributed by atoms with van der Waals surface area (Å²) in [4.78, 5) is 4.02. The van der Waals surface area contributed by atoms with Crippen LogP contribution in [-0.2, 0) is 25.6 Å². The van der Waals surface area contributed by atoms with Crippen molar-refractivity contribution in [1.82, 2.24) is 4.98 Å². The number of pyridine rings is 1. The van der Waals surface area contributed by atoms with Crippen LogP contribution < -0.4 is 11.3 Å². The fourth-order valence-electron chi connectivity index (χ4n) is 1.42. The Morgan fingerprint density at radius 1 is 1.05 bits per heavy atom. The molecule has 0 unspecified atom stereocenters. The summed E-state index contributed by atoms with van der Waals surface area (Å²) in [5.41, 5.74) is 3.50. The highest BCUT2D eigenvalue weighted by Crippen LogP contribution is 2.06. The third-order valence-corrected chi connectivity index (χ3v) is 2.42. The van der Waals surface area contributed by atoms with Crippen molar-refractivity contribution in [3.05, 3.63) is 23.9 Å². The molecule has 1 heterocycles. The SMILES string of the molecule is COCCOCCOCCOCc1ccnc(NN)c1. The highest BCUT2D eigenvalue weighted by atomic mass is 16.6. The van der Waals surface area contributed by atoms with E-state index in [1.165, 1.54) is 0 Å². The quantitative estimate of drug-likeness (QED) is 0.329. The lowest BCUT2D eigenvalue weighted by Gasteiger charge is -2.07. The van der Waals surface area contributed by atoms with Crippen LogP contribution in [0.15, 0.2) is 18.3 Å². The molecule has 114 valence electrons. The lowest BCUT2D eigenvalue weighted by atomic mass is 10.3. The number of rotatable bonds is 12. The number of methoxy groups -OCH3 is 1. The molecule has 0 aliphatic carbocycles. The molecule has 0 atom stereocenters. The first-order valence-electron chi connectivity index (χ1n) is 6.50. The van der Waals surface area contributed by atoms with E-state index in [9.17, 15) is 0 Å². The number of hydrogen-bond acceptors (Lipinski definition) is 7. The molecule has 0 bridgehead atoms. The van der Waals surface area contributed by atoms with Gasteiger partial charge in [-0.1, -0.05) is 0 Å². The number of anilines is 1. The van der Waals surface area contributed by atoms with Crippen LogP contribution in [0.2, 0.25) is 0 Å². The van der Waals surface area contributed by atoms with E-state index in [-0.39, 0.29) is 0 Å². The second-order valence-electron chi connectivity index (χ2n) is 3.96. The van der Waals surface area contributed by atoms with E-state index in [0.717, 1.165) is 5.56 Å². The average molecular weight is 285 g/mol. The number of hydrazine groups is 1. The van der Waals surface area contributed by atoms with Crippen molar-refractivity contribution in [3.63, 3.8) is 0 Å². The molecular formula is C13H23N3O4. The number of ether oxygens (including phenoxy) is 4. The van der Waals surface area contributed by atoms with Gasteiger partial charge < -0.3 is 24.4 Å². The Bertz CT molecular complexity index is 352. The van der Waals surface area contributed by atoms with E-state index >= 15 is 0 Å². The Hall–Kier alpha value is -1.25. The lowest BCUT2D eigenvalue weighted by Crippen LogP contribution is -2.11. The van der Waals surface area contributed by atoms with E-state index in [2.05, 4.69) is 10.4 Å². The van der Waals surface area contributed by atoms with Gasteiger partial charge in [-0.15, -0.1) is 0 Å². The largest absolute Gasteiger partial charge is 0.382 e. The predicted molar refractivity (Wildman–Crippen MR) is 75.2 cm³/mol. The molecule has 3 N–H and O–H groups in total. The van der Waals surface area contributed by atoms with Crippen molar-refractivity contribution in [2.75, 3.05) is 52.2 Å². The van der Waals surface area contributed by atoms with Crippen LogP contribution in [0.3, 0.4) is 0 Å². The van der Waals surface area contributed by atoms with Gasteiger partial charge in [0.25, 0.3) is 0 Å². The molecule has 0 spiro atoms. The van der Waals surface area contributed by atoms with Gasteiger partial charge in [0.1, 0.15) is 5.82 Å². The van der Waals surface area contributed by atoms with Crippen LogP contribution >= 0.6 is 0 Å². The number of hydrogen-bond donors (Lipinski definition) is 2. The minimum absolute atomic E-state index is 0.505. The van der Waals surface area contributed by atoms with Crippen molar-refractivity contribution < 1.29 is 18.9 Å². The van der Waals surface area contributed by atoms with E-state index in [4.69, 9.17) is 24.8 Å². The molecule has 0 aromatic carbocycles. The second-order valence-corrected chi connectivity index (χ2v) is 3.96. The Labute approximate surface area is 119 Å². The van der Waals surface area contributed by atoms with Crippen molar-refractivity contribution in [1.29, 1.82) is 0 Å². The first kappa shape index (κ1) is 16.8. The van der Waals surface area contributed by atoms with Crippen LogP contribution in [-0.4, -0.2) is 51.7 Å². The molecule has 0 amide bonds. The molecular weight excluding hydrogens is 262 g/mol. The number of nitrogen functional groups attached to an aromatic ring is 1. The fraction of sp³-hybridized carbons (Fsp3) is 0.615. The van der Waals surface area contributed by atoms with Crippen LogP contribution in [0.1, 0.15) is 5.56 Å². The van der Waals surface area contributed by atoms with Crippen LogP contribution in [0.5, 0.6) is 0 Å². The molecule has 1 aromatic heterocycles. The summed E-state index contributed by atoms with van der Waals surface area (Å²) < 4.78 is 21.0. The van der Waals surface area contributed by atoms with Gasteiger partial charge in [0, 0.05) is 13.3 Å². The predicted octanol–water partition coefficient (Wildman–Crippen LogP) is 0.563. The number of nitrogens with zero attached hydrogens (tertiary/aromatic N) is 1. The molecule has 1 rings (SSSR count). The zero-order chi connectivity index (χ0) is 14.5. The molecule has 0 fully saturated rings. The van der Waals surface area contributed by atoms with Gasteiger partial charge in [0.05, 0.1) is 46.2 Å². The molecule has 0 radical (unpaired) electrons. The van der Waals surface area contributed by atoms with Gasteiger partial charge in [-0.05, 0) is 17.7 Å². The standard InChI is InChI=1S/C13H23N3O4/c1-17-4-5-18-6-7-19-8-9-20-11-12-2-3-15-13(10-12)16-14/h2-3,10H,4-9,11,14H2,1H3,(H,15,16). The zero-order valence-electron chi connectivity index (χ0n) is 11.8. The molecule has 0 saturated heterocycles. The Kier molecular flexibility index (Phi) is 9.72. The molecule has 1 aromatic rings. The van der Waals surface area contributed by atoms with E-state index in [1.54, 1.807) is 13.3 Å². The number of nitrogens with one attached hydrogen (secondary N) is 1. The minimum Gasteiger partial charge on any atom is -0.382 e. The summed E-state index contributed by atoms with van der Waals surface area (Å²) >= 11 is 0. The topological polar surface area (TPSA) is 87.9 Å². The van der Waals surface area contributed by atoms with Gasteiger partial charge in [-0.2, -0.15) is 0 Å². The number of aromatic nitrogens is 1. The maximum atomic E-state index is 5.48. The second kappa shape index (κ2) is 11.6. The van der Waals surface area contributed by atoms with Gasteiger partial charge in [-0.3, -0.25) is 0 Å². The molecule has 20 heavy (non-hydrogen) atoms. The van der Waals surface area contributed by atoms with E-state index in [0.29, 0.717) is 52.1 Å². The summed E-state index contributed by atoms with van der Waals surface area (Å²) in [5, 5.41) is 0. The van der Waals surface area contributed by atoms with Gasteiger partial charge >= 0.3 is 0 Å². The highest BCUT2D eigenvalue weighted by molar-refractivity contribution is 5.35. The molecule has 0 aliphatic rings. The average Bonchev–Trinajstić information content (AvgIpc) is 2.49. The van der Waals surface area contributed by atoms with Crippen molar-refractivity contribution in [2.24, 2.45) is 5.84 Å². The first-order chi connectivity index (χ1) is 9.86. The zero-order valence-corrected chi connectivity index (χ0v) is 11.8. The van der Waals surface area contributed by atoms with Crippen molar-refractivity contribution in [2.45, 2.75) is 6.61 Å². The minimum atomic E-state index is 0.505. The number of nitrogens with two attached hydrogens (primary N) is 1. The summed E-state index contributed by atoms with van der Waals surface area (Å²) in [6.07, 6.45) is 1.68. The third-order valence-electron chi connectivity index (χ3n) is 2.42. The summed E-state index contributed by atoms with van der Waals surface area (Å²) in [5.74, 6) is 5.90. The molecule has 0 saturated carbocycles. The lowest BCUT2D eigenvalue weighted by molar-refractivity contribution is 0.000867. The molecule has 7 nitrogen and oxygen atoms in total. The Balaban J connectivity index is 1.94. The van der Waals surface area contributed by atoms with Crippen molar-refractivity contribution in [3.8, 4) is 0 Å². The highest BCUT2D eigenvalue weighted by Gasteiger charge is 1.96. The van der Waals surface area contributed by atoms with E-state index < -0.39 is 0 Å². The summed E-state index contributed by atoms with van der Waals surface area (Å²) in [6.45, 7) is 3.91. The summed E-state index contributed by atoms with van der Waals surface area (Å²) in [6, 6.07) is 3.72. The normalized spacial score (nSPS) is 10.7. The van der Waals surface area contributed by atoms with Crippen LogP contribution in [0.4, 0.5) is 5.82 Å². The van der Waals surface area contributed by atoms with Crippen molar-refractivity contribution >= 4 is 5.82 Å². The first-order valence-corrected chi connectivity index (χ1v) is 6.50. The van der Waals surface area contributed by atoms with E-state index in [1.807, 2.05) is 12.1 Å².